The fourth-order valence-corrected chi connectivity index (χ4v) is 5.50. The quantitative estimate of drug-likeness (QED) is 0.656. The maximum Gasteiger partial charge on any atom is 0.243 e. The highest BCUT2D eigenvalue weighted by Gasteiger charge is 2.33. The molecule has 0 bridgehead atoms. The molecule has 2 aliphatic rings. The SMILES string of the molecule is CC(C)(C)C(=O)NCc1nc2ccccc2n1CC(=O)N(C1CCCCC1)C1CCCCC1. The van der Waals surface area contributed by atoms with Gasteiger partial charge in [-0.2, -0.15) is 0 Å². The van der Waals surface area contributed by atoms with Gasteiger partial charge in [0.25, 0.3) is 0 Å². The number of hydrogen-bond donors (Lipinski definition) is 1. The second kappa shape index (κ2) is 10.3. The van der Waals surface area contributed by atoms with Crippen molar-refractivity contribution < 1.29 is 9.59 Å². The van der Waals surface area contributed by atoms with E-state index in [0.717, 1.165) is 42.5 Å². The Balaban J connectivity index is 1.60. The molecule has 0 radical (unpaired) electrons. The Bertz CT molecular complexity index is 944. The zero-order valence-electron chi connectivity index (χ0n) is 20.6. The lowest BCUT2D eigenvalue weighted by molar-refractivity contribution is -0.138. The fraction of sp³-hybridized carbons (Fsp3) is 0.667. The molecule has 33 heavy (non-hydrogen) atoms. The van der Waals surface area contributed by atoms with Crippen LogP contribution in [0.15, 0.2) is 24.3 Å². The van der Waals surface area contributed by atoms with Crippen molar-refractivity contribution in [2.45, 2.75) is 110 Å². The van der Waals surface area contributed by atoms with E-state index in [1.807, 2.05) is 49.6 Å². The van der Waals surface area contributed by atoms with Gasteiger partial charge in [0, 0.05) is 17.5 Å². The Morgan fingerprint density at radius 2 is 1.55 bits per heavy atom. The third-order valence-corrected chi connectivity index (χ3v) is 7.34. The topological polar surface area (TPSA) is 67.2 Å². The van der Waals surface area contributed by atoms with Gasteiger partial charge in [-0.25, -0.2) is 4.98 Å². The number of para-hydroxylation sites is 2. The molecule has 6 heteroatoms. The number of amides is 2. The van der Waals surface area contributed by atoms with Crippen LogP contribution in [0.1, 0.15) is 90.8 Å². The average molecular weight is 453 g/mol. The summed E-state index contributed by atoms with van der Waals surface area (Å²) in [6.45, 7) is 6.32. The van der Waals surface area contributed by atoms with Crippen LogP contribution in [-0.4, -0.2) is 38.3 Å². The van der Waals surface area contributed by atoms with Crippen LogP contribution in [0.25, 0.3) is 11.0 Å². The monoisotopic (exact) mass is 452 g/mol. The lowest BCUT2D eigenvalue weighted by Gasteiger charge is -2.42. The minimum atomic E-state index is -0.467. The Morgan fingerprint density at radius 1 is 0.970 bits per heavy atom. The van der Waals surface area contributed by atoms with E-state index in [0.29, 0.717) is 18.6 Å². The van der Waals surface area contributed by atoms with Gasteiger partial charge in [0.1, 0.15) is 12.4 Å². The van der Waals surface area contributed by atoms with E-state index in [1.165, 1.54) is 38.5 Å². The summed E-state index contributed by atoms with van der Waals surface area (Å²) in [5, 5.41) is 3.02. The maximum absolute atomic E-state index is 13.9. The van der Waals surface area contributed by atoms with Gasteiger partial charge in [-0.15, -0.1) is 0 Å². The molecule has 0 saturated heterocycles. The van der Waals surface area contributed by atoms with Crippen LogP contribution < -0.4 is 5.32 Å². The van der Waals surface area contributed by atoms with E-state index in [9.17, 15) is 9.59 Å². The molecule has 2 fully saturated rings. The van der Waals surface area contributed by atoms with Gasteiger partial charge in [-0.1, -0.05) is 71.4 Å². The van der Waals surface area contributed by atoms with Crippen LogP contribution in [0.3, 0.4) is 0 Å². The number of nitrogens with one attached hydrogen (secondary N) is 1. The molecule has 1 aromatic carbocycles. The molecule has 2 aromatic rings. The molecule has 2 saturated carbocycles. The van der Waals surface area contributed by atoms with Crippen molar-refractivity contribution in [3.8, 4) is 0 Å². The molecule has 1 aromatic heterocycles. The molecular weight excluding hydrogens is 412 g/mol. The van der Waals surface area contributed by atoms with Gasteiger partial charge in [0.15, 0.2) is 0 Å². The number of carbonyl (C=O) groups is 2. The molecule has 0 aliphatic heterocycles. The number of fused-ring (bicyclic) bond motifs is 1. The van der Waals surface area contributed by atoms with E-state index >= 15 is 0 Å². The fourth-order valence-electron chi connectivity index (χ4n) is 5.50. The number of nitrogens with zero attached hydrogens (tertiary/aromatic N) is 3. The highest BCUT2D eigenvalue weighted by atomic mass is 16.2. The van der Waals surface area contributed by atoms with Crippen LogP contribution in [0.2, 0.25) is 0 Å². The summed E-state index contributed by atoms with van der Waals surface area (Å²) in [4.78, 5) is 33.4. The van der Waals surface area contributed by atoms with Crippen molar-refractivity contribution in [2.75, 3.05) is 0 Å². The van der Waals surface area contributed by atoms with Crippen LogP contribution in [0.5, 0.6) is 0 Å². The Hall–Kier alpha value is -2.37. The summed E-state index contributed by atoms with van der Waals surface area (Å²) in [5.41, 5.74) is 1.36. The zero-order chi connectivity index (χ0) is 23.4. The third kappa shape index (κ3) is 5.59. The zero-order valence-corrected chi connectivity index (χ0v) is 20.6. The minimum absolute atomic E-state index is 0.0153. The molecule has 1 heterocycles. The van der Waals surface area contributed by atoms with Gasteiger partial charge in [0.05, 0.1) is 17.6 Å². The molecule has 0 unspecified atom stereocenters. The molecule has 0 atom stereocenters. The highest BCUT2D eigenvalue weighted by Crippen LogP contribution is 2.31. The number of imidazole rings is 1. The summed E-state index contributed by atoms with van der Waals surface area (Å²) in [6.07, 6.45) is 12.0. The van der Waals surface area contributed by atoms with Crippen molar-refractivity contribution in [2.24, 2.45) is 5.41 Å². The lowest BCUT2D eigenvalue weighted by atomic mass is 9.88. The van der Waals surface area contributed by atoms with Crippen LogP contribution >= 0.6 is 0 Å². The summed E-state index contributed by atoms with van der Waals surface area (Å²) in [5.74, 6) is 0.938. The number of hydrogen-bond acceptors (Lipinski definition) is 3. The molecule has 180 valence electrons. The minimum Gasteiger partial charge on any atom is -0.348 e. The van der Waals surface area contributed by atoms with Crippen molar-refractivity contribution in [3.63, 3.8) is 0 Å². The Kier molecular flexibility index (Phi) is 7.40. The van der Waals surface area contributed by atoms with Gasteiger partial charge in [-0.3, -0.25) is 9.59 Å². The van der Waals surface area contributed by atoms with E-state index in [1.54, 1.807) is 0 Å². The van der Waals surface area contributed by atoms with Crippen LogP contribution in [0, 0.1) is 5.41 Å². The summed E-state index contributed by atoms with van der Waals surface area (Å²) in [7, 11) is 0. The molecule has 6 nitrogen and oxygen atoms in total. The van der Waals surface area contributed by atoms with Crippen molar-refractivity contribution >= 4 is 22.8 Å². The highest BCUT2D eigenvalue weighted by molar-refractivity contribution is 5.83. The third-order valence-electron chi connectivity index (χ3n) is 7.34. The second-order valence-corrected chi connectivity index (χ2v) is 10.9. The van der Waals surface area contributed by atoms with E-state index in [-0.39, 0.29) is 18.4 Å². The molecule has 0 spiro atoms. The Labute approximate surface area is 198 Å². The lowest BCUT2D eigenvalue weighted by Crippen LogP contribution is -2.50. The first kappa shape index (κ1) is 23.8. The molecule has 2 aliphatic carbocycles. The molecular formula is C27H40N4O2. The van der Waals surface area contributed by atoms with Crippen LogP contribution in [0.4, 0.5) is 0 Å². The van der Waals surface area contributed by atoms with Gasteiger partial charge in [-0.05, 0) is 37.8 Å². The Morgan fingerprint density at radius 3 is 2.12 bits per heavy atom. The number of aromatic nitrogens is 2. The van der Waals surface area contributed by atoms with Crippen molar-refractivity contribution in [1.82, 2.24) is 19.8 Å². The van der Waals surface area contributed by atoms with Crippen molar-refractivity contribution in [1.29, 1.82) is 0 Å². The number of carbonyl (C=O) groups excluding carboxylic acids is 2. The summed E-state index contributed by atoms with van der Waals surface area (Å²) < 4.78 is 2.03. The molecule has 1 N–H and O–H groups in total. The predicted molar refractivity (Wildman–Crippen MR) is 132 cm³/mol. The predicted octanol–water partition coefficient (Wildman–Crippen LogP) is 5.19. The first-order valence-electron chi connectivity index (χ1n) is 12.9. The number of rotatable bonds is 6. The number of benzene rings is 1. The van der Waals surface area contributed by atoms with E-state index < -0.39 is 5.41 Å². The molecule has 4 rings (SSSR count). The normalized spacial score (nSPS) is 18.4. The van der Waals surface area contributed by atoms with E-state index in [4.69, 9.17) is 4.98 Å². The summed E-state index contributed by atoms with van der Waals surface area (Å²) in [6, 6.07) is 8.70. The van der Waals surface area contributed by atoms with E-state index in [2.05, 4.69) is 10.2 Å². The summed E-state index contributed by atoms with van der Waals surface area (Å²) >= 11 is 0. The first-order chi connectivity index (χ1) is 15.8. The average Bonchev–Trinajstić information content (AvgIpc) is 3.15. The largest absolute Gasteiger partial charge is 0.348 e. The van der Waals surface area contributed by atoms with Gasteiger partial charge < -0.3 is 14.8 Å². The standard InChI is InChI=1S/C27H40N4O2/c1-27(2,3)26(33)28-18-24-29-22-16-10-11-17-23(22)30(24)19-25(32)31(20-12-6-4-7-13-20)21-14-8-5-9-15-21/h10-11,16-17,20-21H,4-9,12-15,18-19H2,1-3H3,(H,28,33). The second-order valence-electron chi connectivity index (χ2n) is 10.9. The van der Waals surface area contributed by atoms with Crippen molar-refractivity contribution in [3.05, 3.63) is 30.1 Å². The smallest absolute Gasteiger partial charge is 0.243 e. The maximum atomic E-state index is 13.9. The first-order valence-corrected chi connectivity index (χ1v) is 12.9. The van der Waals surface area contributed by atoms with Gasteiger partial charge >= 0.3 is 0 Å². The van der Waals surface area contributed by atoms with Gasteiger partial charge in [0.2, 0.25) is 11.8 Å². The van der Waals surface area contributed by atoms with Crippen LogP contribution in [-0.2, 0) is 22.7 Å². The molecule has 2 amide bonds.